The average Bonchev–Trinajstić information content (AvgIpc) is 3.33. The first-order valence-electron chi connectivity index (χ1n) is 8.50. The van der Waals surface area contributed by atoms with E-state index in [2.05, 4.69) is 17.4 Å². The molecule has 0 saturated carbocycles. The van der Waals surface area contributed by atoms with Crippen LogP contribution >= 0.6 is 11.3 Å². The Kier molecular flexibility index (Phi) is 4.24. The maximum Gasteiger partial charge on any atom is 0.294 e. The predicted molar refractivity (Wildman–Crippen MR) is 96.8 cm³/mol. The topological polar surface area (TPSA) is 85.3 Å². The second kappa shape index (κ2) is 6.57. The number of hydrogen-bond donors (Lipinski definition) is 1. The lowest BCUT2D eigenvalue weighted by Crippen LogP contribution is -2.15. The monoisotopic (exact) mass is 370 g/mol. The highest BCUT2D eigenvalue weighted by Crippen LogP contribution is 2.41. The normalized spacial score (nSPS) is 16.3. The van der Waals surface area contributed by atoms with Gasteiger partial charge in [0, 0.05) is 10.9 Å². The van der Waals surface area contributed by atoms with Crippen molar-refractivity contribution < 1.29 is 18.5 Å². The van der Waals surface area contributed by atoms with Crippen molar-refractivity contribution in [3.63, 3.8) is 0 Å². The summed E-state index contributed by atoms with van der Waals surface area (Å²) < 4.78 is 10.3. The Labute approximate surface area is 154 Å². The zero-order valence-electron chi connectivity index (χ0n) is 14.5. The summed E-state index contributed by atoms with van der Waals surface area (Å²) in [6, 6.07) is 4.89. The summed E-state index contributed by atoms with van der Waals surface area (Å²) in [4.78, 5) is 26.6. The van der Waals surface area contributed by atoms with Gasteiger partial charge in [0.15, 0.2) is 5.76 Å². The van der Waals surface area contributed by atoms with Crippen LogP contribution in [0.1, 0.15) is 56.2 Å². The standard InChI is InChI=1S/C19H18N2O4S/c1-10-5-6-12-15(8-10)26-19(16(12)17(22)13-4-3-7-24-13)20-18(23)14-9-11(2)21-25-14/h3-4,7,9-10H,5-6,8H2,1-2H3,(H,20,23). The molecule has 3 heterocycles. The molecule has 1 unspecified atom stereocenters. The number of anilines is 1. The van der Waals surface area contributed by atoms with E-state index in [0.29, 0.717) is 22.2 Å². The number of carbonyl (C=O) groups is 2. The lowest BCUT2D eigenvalue weighted by molar-refractivity contribution is 0.0988. The molecule has 0 fully saturated rings. The minimum absolute atomic E-state index is 0.124. The van der Waals surface area contributed by atoms with Crippen LogP contribution in [0.4, 0.5) is 5.00 Å². The third-order valence-corrected chi connectivity index (χ3v) is 5.73. The van der Waals surface area contributed by atoms with E-state index in [1.54, 1.807) is 25.1 Å². The van der Waals surface area contributed by atoms with Crippen molar-refractivity contribution in [1.82, 2.24) is 5.16 Å². The van der Waals surface area contributed by atoms with Gasteiger partial charge in [0.2, 0.25) is 11.5 Å². The average molecular weight is 370 g/mol. The van der Waals surface area contributed by atoms with Crippen molar-refractivity contribution in [2.24, 2.45) is 5.92 Å². The Hall–Kier alpha value is -2.67. The molecule has 134 valence electrons. The minimum atomic E-state index is -0.411. The predicted octanol–water partition coefficient (Wildman–Crippen LogP) is 4.25. The maximum absolute atomic E-state index is 13.0. The Morgan fingerprint density at radius 2 is 2.19 bits per heavy atom. The van der Waals surface area contributed by atoms with E-state index >= 15 is 0 Å². The lowest BCUT2D eigenvalue weighted by Gasteiger charge is -2.18. The van der Waals surface area contributed by atoms with Gasteiger partial charge in [-0.2, -0.15) is 0 Å². The number of aryl methyl sites for hydroxylation is 1. The molecule has 6 nitrogen and oxygen atoms in total. The first-order valence-corrected chi connectivity index (χ1v) is 9.32. The van der Waals surface area contributed by atoms with E-state index in [4.69, 9.17) is 8.94 Å². The fraction of sp³-hybridized carbons (Fsp3) is 0.316. The number of fused-ring (bicyclic) bond motifs is 1. The molecule has 26 heavy (non-hydrogen) atoms. The fourth-order valence-electron chi connectivity index (χ4n) is 3.25. The van der Waals surface area contributed by atoms with Crippen LogP contribution in [-0.4, -0.2) is 16.8 Å². The number of carbonyl (C=O) groups excluding carboxylic acids is 2. The number of nitrogens with one attached hydrogen (secondary N) is 1. The van der Waals surface area contributed by atoms with Crippen LogP contribution in [0.25, 0.3) is 0 Å². The summed E-state index contributed by atoms with van der Waals surface area (Å²) in [6.45, 7) is 3.95. The molecule has 1 aliphatic rings. The van der Waals surface area contributed by atoms with E-state index in [1.807, 2.05) is 0 Å². The van der Waals surface area contributed by atoms with Gasteiger partial charge >= 0.3 is 0 Å². The minimum Gasteiger partial charge on any atom is -0.461 e. The third kappa shape index (κ3) is 2.99. The fourth-order valence-corrected chi connectivity index (χ4v) is 4.65. The zero-order valence-corrected chi connectivity index (χ0v) is 15.3. The molecule has 3 aromatic rings. The Morgan fingerprint density at radius 1 is 1.35 bits per heavy atom. The molecule has 3 aromatic heterocycles. The van der Waals surface area contributed by atoms with Crippen LogP contribution in [0.3, 0.4) is 0 Å². The Bertz CT molecular complexity index is 968. The van der Waals surface area contributed by atoms with Crippen LogP contribution < -0.4 is 5.32 Å². The summed E-state index contributed by atoms with van der Waals surface area (Å²) in [5.41, 5.74) is 2.19. The van der Waals surface area contributed by atoms with E-state index in [1.165, 1.54) is 17.6 Å². The van der Waals surface area contributed by atoms with Gasteiger partial charge in [-0.3, -0.25) is 9.59 Å². The van der Waals surface area contributed by atoms with E-state index in [0.717, 1.165) is 29.7 Å². The number of hydrogen-bond acceptors (Lipinski definition) is 6. The molecule has 1 atom stereocenters. The molecule has 1 N–H and O–H groups in total. The highest BCUT2D eigenvalue weighted by atomic mass is 32.1. The molecule has 0 aliphatic heterocycles. The second-order valence-electron chi connectivity index (χ2n) is 6.65. The second-order valence-corrected chi connectivity index (χ2v) is 7.75. The molecule has 0 saturated heterocycles. The van der Waals surface area contributed by atoms with Gasteiger partial charge in [-0.05, 0) is 49.8 Å². The van der Waals surface area contributed by atoms with Crippen LogP contribution in [0.15, 0.2) is 33.4 Å². The third-order valence-electron chi connectivity index (χ3n) is 4.56. The van der Waals surface area contributed by atoms with Crippen LogP contribution in [0.2, 0.25) is 0 Å². The van der Waals surface area contributed by atoms with E-state index in [-0.39, 0.29) is 17.3 Å². The molecule has 0 spiro atoms. The first kappa shape index (κ1) is 16.8. The Morgan fingerprint density at radius 3 is 2.88 bits per heavy atom. The number of nitrogens with zero attached hydrogens (tertiary/aromatic N) is 1. The summed E-state index contributed by atoms with van der Waals surface area (Å²) in [6.07, 6.45) is 4.24. The molecule has 0 bridgehead atoms. The van der Waals surface area contributed by atoms with Crippen molar-refractivity contribution in [2.75, 3.05) is 5.32 Å². The van der Waals surface area contributed by atoms with Gasteiger partial charge in [0.1, 0.15) is 5.00 Å². The van der Waals surface area contributed by atoms with Gasteiger partial charge < -0.3 is 14.3 Å². The molecule has 1 amide bonds. The molecule has 1 aliphatic carbocycles. The number of amides is 1. The lowest BCUT2D eigenvalue weighted by atomic mass is 9.87. The highest BCUT2D eigenvalue weighted by Gasteiger charge is 2.30. The number of thiophene rings is 1. The van der Waals surface area contributed by atoms with E-state index in [9.17, 15) is 9.59 Å². The van der Waals surface area contributed by atoms with Gasteiger partial charge in [0.05, 0.1) is 17.5 Å². The van der Waals surface area contributed by atoms with Crippen molar-refractivity contribution in [3.05, 3.63) is 57.7 Å². The van der Waals surface area contributed by atoms with Gasteiger partial charge in [0.25, 0.3) is 5.91 Å². The van der Waals surface area contributed by atoms with Gasteiger partial charge in [-0.25, -0.2) is 0 Å². The number of rotatable bonds is 4. The summed E-state index contributed by atoms with van der Waals surface area (Å²) >= 11 is 1.46. The summed E-state index contributed by atoms with van der Waals surface area (Å²) in [7, 11) is 0. The van der Waals surface area contributed by atoms with Crippen molar-refractivity contribution >= 4 is 28.0 Å². The smallest absolute Gasteiger partial charge is 0.294 e. The highest BCUT2D eigenvalue weighted by molar-refractivity contribution is 7.17. The zero-order chi connectivity index (χ0) is 18.3. The molecule has 4 rings (SSSR count). The van der Waals surface area contributed by atoms with Crippen molar-refractivity contribution in [1.29, 1.82) is 0 Å². The van der Waals surface area contributed by atoms with Gasteiger partial charge in [-0.15, -0.1) is 11.3 Å². The molecular weight excluding hydrogens is 352 g/mol. The maximum atomic E-state index is 13.0. The molecule has 7 heteroatoms. The first-order chi connectivity index (χ1) is 12.5. The van der Waals surface area contributed by atoms with Crippen LogP contribution in [0.5, 0.6) is 0 Å². The van der Waals surface area contributed by atoms with Crippen molar-refractivity contribution in [3.8, 4) is 0 Å². The number of ketones is 1. The largest absolute Gasteiger partial charge is 0.461 e. The van der Waals surface area contributed by atoms with Crippen molar-refractivity contribution in [2.45, 2.75) is 33.1 Å². The van der Waals surface area contributed by atoms with Crippen LogP contribution in [-0.2, 0) is 12.8 Å². The SMILES string of the molecule is Cc1cc(C(=O)Nc2sc3c(c2C(=O)c2ccco2)CCC(C)C3)on1. The summed E-state index contributed by atoms with van der Waals surface area (Å²) in [5, 5.41) is 7.12. The number of aromatic nitrogens is 1. The van der Waals surface area contributed by atoms with Gasteiger partial charge in [-0.1, -0.05) is 12.1 Å². The van der Waals surface area contributed by atoms with Crippen LogP contribution in [0, 0.1) is 12.8 Å². The molecular formula is C19H18N2O4S. The van der Waals surface area contributed by atoms with E-state index < -0.39 is 5.91 Å². The quantitative estimate of drug-likeness (QED) is 0.694. The number of furan rings is 1. The Balaban J connectivity index is 1.73. The molecule has 0 radical (unpaired) electrons. The molecule has 0 aromatic carbocycles. The summed E-state index contributed by atoms with van der Waals surface area (Å²) in [5.74, 6) is 0.346.